The van der Waals surface area contributed by atoms with Crippen LogP contribution in [0.3, 0.4) is 0 Å². The highest BCUT2D eigenvalue weighted by atomic mass is 16.7. The van der Waals surface area contributed by atoms with Crippen molar-refractivity contribution in [2.45, 2.75) is 191 Å². The van der Waals surface area contributed by atoms with Crippen LogP contribution < -0.4 is 5.32 Å². The van der Waals surface area contributed by atoms with Gasteiger partial charge in [-0.25, -0.2) is 0 Å². The van der Waals surface area contributed by atoms with Crippen molar-refractivity contribution in [2.24, 2.45) is 35.5 Å². The number of hydrogen-bond donors (Lipinski definition) is 1. The number of carbonyl (C=O) groups excluding carboxylic acids is 1. The average molecular weight is 680 g/mol. The highest BCUT2D eigenvalue weighted by Crippen LogP contribution is 2.54. The third kappa shape index (κ3) is 7.29. The molecule has 7 saturated heterocycles. The molecule has 10 unspecified atom stereocenters. The minimum Gasteiger partial charge on any atom is -0.378 e. The molecule has 15 atom stereocenters. The van der Waals surface area contributed by atoms with Gasteiger partial charge in [0, 0.05) is 38.3 Å². The summed E-state index contributed by atoms with van der Waals surface area (Å²) in [5.41, 5.74) is 2.96. The minimum atomic E-state index is -0.589. The molecule has 0 radical (unpaired) electrons. The molecule has 7 heterocycles. The SMILES string of the molecule is C=C(CC[C@@H](C)CCC1C(=C)CC(CC[C@@]23CC4NC5C(O2)[C@H]2OC(CC(=O)CC6CCO[C@H]6C)CCC2O[C@H]5C4O3)C1CC)CC1CC1. The molecule has 9 rings (SSSR count). The molecule has 0 aromatic rings. The molecule has 0 aromatic carbocycles. The Balaban J connectivity index is 0.866. The maximum Gasteiger partial charge on any atom is 0.171 e. The van der Waals surface area contributed by atoms with Gasteiger partial charge in [-0.1, -0.05) is 51.0 Å². The first-order chi connectivity index (χ1) is 23.7. The molecule has 274 valence electrons. The zero-order chi connectivity index (χ0) is 33.9. The van der Waals surface area contributed by atoms with Crippen LogP contribution in [-0.4, -0.2) is 73.0 Å². The Hall–Kier alpha value is -1.09. The topological polar surface area (TPSA) is 75.3 Å². The van der Waals surface area contributed by atoms with E-state index in [0.29, 0.717) is 42.3 Å². The van der Waals surface area contributed by atoms with Gasteiger partial charge in [0.25, 0.3) is 0 Å². The lowest BCUT2D eigenvalue weighted by Gasteiger charge is -2.48. The van der Waals surface area contributed by atoms with Gasteiger partial charge in [-0.3, -0.25) is 4.79 Å². The lowest BCUT2D eigenvalue weighted by molar-refractivity contribution is -0.278. The molecule has 9 aliphatic rings. The van der Waals surface area contributed by atoms with Crippen molar-refractivity contribution in [3.05, 3.63) is 24.3 Å². The summed E-state index contributed by atoms with van der Waals surface area (Å²) >= 11 is 0. The van der Waals surface area contributed by atoms with Crippen LogP contribution in [0.25, 0.3) is 0 Å². The summed E-state index contributed by atoms with van der Waals surface area (Å²) in [7, 11) is 0. The molecule has 0 amide bonds. The first-order valence-corrected chi connectivity index (χ1v) is 20.6. The van der Waals surface area contributed by atoms with Gasteiger partial charge in [-0.15, -0.1) is 0 Å². The van der Waals surface area contributed by atoms with E-state index in [2.05, 4.69) is 39.2 Å². The van der Waals surface area contributed by atoms with Crippen LogP contribution in [-0.2, 0) is 28.5 Å². The number of hydrogen-bond acceptors (Lipinski definition) is 7. The van der Waals surface area contributed by atoms with Crippen LogP contribution in [0.5, 0.6) is 0 Å². The Labute approximate surface area is 296 Å². The summed E-state index contributed by atoms with van der Waals surface area (Å²) in [5, 5.41) is 3.88. The van der Waals surface area contributed by atoms with E-state index in [9.17, 15) is 4.79 Å². The molecule has 7 nitrogen and oxygen atoms in total. The highest BCUT2D eigenvalue weighted by Gasteiger charge is 2.67. The summed E-state index contributed by atoms with van der Waals surface area (Å²) in [6.45, 7) is 16.7. The smallest absolute Gasteiger partial charge is 0.171 e. The first-order valence-electron chi connectivity index (χ1n) is 20.6. The van der Waals surface area contributed by atoms with Crippen LogP contribution in [0.15, 0.2) is 24.3 Å². The molecule has 9 fully saturated rings. The Kier molecular flexibility index (Phi) is 10.3. The monoisotopic (exact) mass is 679 g/mol. The van der Waals surface area contributed by atoms with E-state index in [1.54, 1.807) is 0 Å². The second kappa shape index (κ2) is 14.4. The molecule has 7 aliphatic heterocycles. The third-order valence-electron chi connectivity index (χ3n) is 14.5. The summed E-state index contributed by atoms with van der Waals surface area (Å²) in [6.07, 6.45) is 18.1. The van der Waals surface area contributed by atoms with Crippen LogP contribution >= 0.6 is 0 Å². The van der Waals surface area contributed by atoms with Crippen LogP contribution in [0.4, 0.5) is 0 Å². The number of Topliss-reactive ketones (excluding diaryl/α,β-unsaturated/α-hetero) is 1. The standard InChI is InChI=1S/C42H65NO6/c1-6-33-30(20-26(4)34(33)13-9-24(2)7-8-25(3)19-28-10-11-28)15-17-42-23-35-38(48-42)40-37(43-35)41(49-42)39-36(47-40)14-12-32(46-39)22-31(44)21-29-16-18-45-27(29)5/h24,27-30,32-41,43H,3-4,6-23H2,1-2,5H3/t24-,27+,29?,30?,32?,33?,34?,35?,36?,37?,38?,39+,40-,41?,42+/m1/s1. The van der Waals surface area contributed by atoms with Crippen LogP contribution in [0, 0.1) is 35.5 Å². The largest absolute Gasteiger partial charge is 0.378 e. The number of ether oxygens (including phenoxy) is 5. The first kappa shape index (κ1) is 35.0. The van der Waals surface area contributed by atoms with Crippen molar-refractivity contribution >= 4 is 5.78 Å². The van der Waals surface area contributed by atoms with Crippen LogP contribution in [0.2, 0.25) is 0 Å². The molecular formula is C42H65NO6. The van der Waals surface area contributed by atoms with E-state index in [1.165, 1.54) is 62.5 Å². The van der Waals surface area contributed by atoms with Gasteiger partial charge in [0.15, 0.2) is 5.79 Å². The summed E-state index contributed by atoms with van der Waals surface area (Å²) in [5.74, 6) is 3.72. The molecule has 6 bridgehead atoms. The molecule has 7 heteroatoms. The van der Waals surface area contributed by atoms with E-state index in [-0.39, 0.29) is 54.8 Å². The number of ketones is 1. The van der Waals surface area contributed by atoms with Crippen molar-refractivity contribution < 1.29 is 28.5 Å². The van der Waals surface area contributed by atoms with E-state index < -0.39 is 5.79 Å². The van der Waals surface area contributed by atoms with Gasteiger partial charge in [0.2, 0.25) is 0 Å². The number of allylic oxidation sites excluding steroid dienone is 2. The van der Waals surface area contributed by atoms with E-state index in [0.717, 1.165) is 63.4 Å². The van der Waals surface area contributed by atoms with Crippen molar-refractivity contribution in [1.82, 2.24) is 5.32 Å². The van der Waals surface area contributed by atoms with E-state index in [1.807, 2.05) is 0 Å². The lowest BCUT2D eigenvalue weighted by Crippen LogP contribution is -2.63. The number of carbonyl (C=O) groups is 1. The molecule has 49 heavy (non-hydrogen) atoms. The summed E-state index contributed by atoms with van der Waals surface area (Å²) in [6, 6.07) is 0.349. The summed E-state index contributed by atoms with van der Waals surface area (Å²) in [4.78, 5) is 13.1. The molecule has 1 N–H and O–H groups in total. The van der Waals surface area contributed by atoms with Gasteiger partial charge in [-0.05, 0) is 113 Å². The number of nitrogens with one attached hydrogen (secondary N) is 1. The van der Waals surface area contributed by atoms with Crippen molar-refractivity contribution in [1.29, 1.82) is 0 Å². The molecule has 0 aromatic heterocycles. The minimum absolute atomic E-state index is 0.00319. The van der Waals surface area contributed by atoms with Gasteiger partial charge < -0.3 is 29.0 Å². The predicted molar refractivity (Wildman–Crippen MR) is 190 cm³/mol. The molecule has 0 spiro atoms. The van der Waals surface area contributed by atoms with Gasteiger partial charge >= 0.3 is 0 Å². The third-order valence-corrected chi connectivity index (χ3v) is 14.5. The summed E-state index contributed by atoms with van der Waals surface area (Å²) < 4.78 is 33.4. The number of rotatable bonds is 16. The number of fused-ring (bicyclic) bond motifs is 1. The Morgan fingerprint density at radius 2 is 1.80 bits per heavy atom. The second-order valence-corrected chi connectivity index (χ2v) is 18.0. The fraction of sp³-hybridized carbons (Fsp3) is 0.881. The van der Waals surface area contributed by atoms with Gasteiger partial charge in [0.1, 0.15) is 30.2 Å². The predicted octanol–water partition coefficient (Wildman–Crippen LogP) is 7.85. The maximum absolute atomic E-state index is 13.1. The molecule has 2 saturated carbocycles. The maximum atomic E-state index is 13.1. The Morgan fingerprint density at radius 1 is 0.959 bits per heavy atom. The molecular weight excluding hydrogens is 614 g/mol. The highest BCUT2D eigenvalue weighted by molar-refractivity contribution is 5.79. The van der Waals surface area contributed by atoms with E-state index in [4.69, 9.17) is 23.7 Å². The van der Waals surface area contributed by atoms with Gasteiger partial charge in [0.05, 0.1) is 24.4 Å². The van der Waals surface area contributed by atoms with Crippen molar-refractivity contribution in [2.75, 3.05) is 6.61 Å². The fourth-order valence-corrected chi connectivity index (χ4v) is 11.4. The fourth-order valence-electron chi connectivity index (χ4n) is 11.4. The normalized spacial score (nSPS) is 45.9. The average Bonchev–Trinajstić information content (AvgIpc) is 3.49. The van der Waals surface area contributed by atoms with E-state index >= 15 is 0 Å². The zero-order valence-electron chi connectivity index (χ0n) is 30.8. The zero-order valence-corrected chi connectivity index (χ0v) is 30.8. The quantitative estimate of drug-likeness (QED) is 0.167. The van der Waals surface area contributed by atoms with Crippen LogP contribution in [0.1, 0.15) is 130 Å². The van der Waals surface area contributed by atoms with Crippen molar-refractivity contribution in [3.63, 3.8) is 0 Å². The Bertz CT molecular complexity index is 1230. The second-order valence-electron chi connectivity index (χ2n) is 18.0. The Morgan fingerprint density at radius 3 is 2.57 bits per heavy atom. The van der Waals surface area contributed by atoms with Crippen molar-refractivity contribution in [3.8, 4) is 0 Å². The van der Waals surface area contributed by atoms with Gasteiger partial charge in [-0.2, -0.15) is 0 Å². The molecule has 2 aliphatic carbocycles. The lowest BCUT2D eigenvalue weighted by atomic mass is 9.80.